The van der Waals surface area contributed by atoms with Gasteiger partial charge in [-0.2, -0.15) is 0 Å². The first kappa shape index (κ1) is 19.2. The van der Waals surface area contributed by atoms with Crippen LogP contribution in [0.25, 0.3) is 0 Å². The Bertz CT molecular complexity index is 817. The van der Waals surface area contributed by atoms with E-state index in [2.05, 4.69) is 10.6 Å². The second-order valence-electron chi connectivity index (χ2n) is 5.97. The number of carbonyl (C=O) groups is 3. The van der Waals surface area contributed by atoms with Crippen LogP contribution in [0, 0.1) is 6.92 Å². The predicted molar refractivity (Wildman–Crippen MR) is 102 cm³/mol. The first-order valence-electron chi connectivity index (χ1n) is 8.38. The van der Waals surface area contributed by atoms with Gasteiger partial charge in [0.1, 0.15) is 0 Å². The molecule has 0 atom stereocenters. The summed E-state index contributed by atoms with van der Waals surface area (Å²) in [5, 5.41) is 5.53. The summed E-state index contributed by atoms with van der Waals surface area (Å²) in [6, 6.07) is 14.4. The van der Waals surface area contributed by atoms with Gasteiger partial charge in [-0.05, 0) is 36.8 Å². The second-order valence-corrected chi connectivity index (χ2v) is 5.97. The van der Waals surface area contributed by atoms with Crippen LogP contribution in [0.4, 0.5) is 11.4 Å². The third-order valence-corrected chi connectivity index (χ3v) is 3.87. The summed E-state index contributed by atoms with van der Waals surface area (Å²) < 4.78 is 0. The summed E-state index contributed by atoms with van der Waals surface area (Å²) in [4.78, 5) is 37.0. The van der Waals surface area contributed by atoms with E-state index in [0.717, 1.165) is 5.56 Å². The molecule has 2 aromatic rings. The zero-order valence-corrected chi connectivity index (χ0v) is 15.2. The van der Waals surface area contributed by atoms with Crippen molar-refractivity contribution < 1.29 is 14.4 Å². The maximum atomic E-state index is 12.3. The van der Waals surface area contributed by atoms with Crippen LogP contribution in [0.1, 0.15) is 29.8 Å². The van der Waals surface area contributed by atoms with Crippen LogP contribution in [-0.4, -0.2) is 30.8 Å². The molecule has 0 aliphatic rings. The SMILES string of the molecule is CC(=O)Nc1cccc(N(CCNC(=O)c2ccccc2C)C(C)=O)c1. The monoisotopic (exact) mass is 353 g/mol. The number of rotatable bonds is 6. The zero-order chi connectivity index (χ0) is 19.1. The molecule has 0 heterocycles. The van der Waals surface area contributed by atoms with E-state index in [1.54, 1.807) is 35.2 Å². The van der Waals surface area contributed by atoms with Crippen molar-refractivity contribution >= 4 is 29.1 Å². The molecule has 0 bridgehead atoms. The Morgan fingerprint density at radius 2 is 1.73 bits per heavy atom. The summed E-state index contributed by atoms with van der Waals surface area (Å²) in [6.45, 7) is 5.42. The molecule has 0 unspecified atom stereocenters. The number of aryl methyl sites for hydroxylation is 1. The van der Waals surface area contributed by atoms with Crippen molar-refractivity contribution in [1.82, 2.24) is 5.32 Å². The lowest BCUT2D eigenvalue weighted by atomic mass is 10.1. The fourth-order valence-electron chi connectivity index (χ4n) is 2.63. The normalized spacial score (nSPS) is 10.1. The quantitative estimate of drug-likeness (QED) is 0.838. The van der Waals surface area contributed by atoms with E-state index in [-0.39, 0.29) is 17.7 Å². The molecular formula is C20H23N3O3. The number of nitrogens with one attached hydrogen (secondary N) is 2. The molecule has 3 amide bonds. The zero-order valence-electron chi connectivity index (χ0n) is 15.2. The molecule has 0 saturated carbocycles. The lowest BCUT2D eigenvalue weighted by molar-refractivity contribution is -0.116. The smallest absolute Gasteiger partial charge is 0.251 e. The molecule has 136 valence electrons. The van der Waals surface area contributed by atoms with E-state index in [9.17, 15) is 14.4 Å². The fourth-order valence-corrected chi connectivity index (χ4v) is 2.63. The van der Waals surface area contributed by atoms with Crippen LogP contribution in [0.3, 0.4) is 0 Å². The van der Waals surface area contributed by atoms with Crippen molar-refractivity contribution in [3.05, 3.63) is 59.7 Å². The van der Waals surface area contributed by atoms with Crippen molar-refractivity contribution in [2.75, 3.05) is 23.3 Å². The molecule has 2 rings (SSSR count). The lowest BCUT2D eigenvalue weighted by Crippen LogP contribution is -2.37. The Kier molecular flexibility index (Phi) is 6.49. The third-order valence-electron chi connectivity index (χ3n) is 3.87. The number of anilines is 2. The number of benzene rings is 2. The second kappa shape index (κ2) is 8.80. The Morgan fingerprint density at radius 3 is 2.38 bits per heavy atom. The number of hydrogen-bond acceptors (Lipinski definition) is 3. The highest BCUT2D eigenvalue weighted by molar-refractivity contribution is 5.96. The third kappa shape index (κ3) is 5.17. The number of amides is 3. The average molecular weight is 353 g/mol. The van der Waals surface area contributed by atoms with Gasteiger partial charge in [0, 0.05) is 43.9 Å². The van der Waals surface area contributed by atoms with Crippen LogP contribution >= 0.6 is 0 Å². The Hall–Kier alpha value is -3.15. The first-order valence-corrected chi connectivity index (χ1v) is 8.38. The van der Waals surface area contributed by atoms with E-state index in [1.807, 2.05) is 25.1 Å². The van der Waals surface area contributed by atoms with E-state index in [0.29, 0.717) is 30.0 Å². The van der Waals surface area contributed by atoms with E-state index < -0.39 is 0 Å². The molecule has 0 spiro atoms. The summed E-state index contributed by atoms with van der Waals surface area (Å²) in [5.74, 6) is -0.490. The minimum Gasteiger partial charge on any atom is -0.350 e. The molecule has 2 N–H and O–H groups in total. The molecule has 26 heavy (non-hydrogen) atoms. The van der Waals surface area contributed by atoms with Crippen molar-refractivity contribution in [2.45, 2.75) is 20.8 Å². The minimum atomic E-state index is -0.179. The highest BCUT2D eigenvalue weighted by Crippen LogP contribution is 2.19. The van der Waals surface area contributed by atoms with Gasteiger partial charge in [-0.25, -0.2) is 0 Å². The van der Waals surface area contributed by atoms with Crippen molar-refractivity contribution in [3.8, 4) is 0 Å². The average Bonchev–Trinajstić information content (AvgIpc) is 2.58. The molecule has 6 heteroatoms. The number of hydrogen-bond donors (Lipinski definition) is 2. The van der Waals surface area contributed by atoms with Gasteiger partial charge in [0.15, 0.2) is 0 Å². The highest BCUT2D eigenvalue weighted by atomic mass is 16.2. The summed E-state index contributed by atoms with van der Waals surface area (Å²) >= 11 is 0. The van der Waals surface area contributed by atoms with Crippen LogP contribution in [0.15, 0.2) is 48.5 Å². The van der Waals surface area contributed by atoms with Crippen LogP contribution in [0.5, 0.6) is 0 Å². The maximum Gasteiger partial charge on any atom is 0.251 e. The van der Waals surface area contributed by atoms with E-state index in [1.165, 1.54) is 13.8 Å². The van der Waals surface area contributed by atoms with Crippen molar-refractivity contribution in [3.63, 3.8) is 0 Å². The summed E-state index contributed by atoms with van der Waals surface area (Å²) in [6.07, 6.45) is 0. The Morgan fingerprint density at radius 1 is 1.00 bits per heavy atom. The molecule has 0 fully saturated rings. The van der Waals surface area contributed by atoms with Gasteiger partial charge in [0.25, 0.3) is 5.91 Å². The first-order chi connectivity index (χ1) is 12.4. The van der Waals surface area contributed by atoms with Crippen molar-refractivity contribution in [2.24, 2.45) is 0 Å². The molecule has 0 aliphatic heterocycles. The minimum absolute atomic E-state index is 0.143. The van der Waals surface area contributed by atoms with E-state index >= 15 is 0 Å². The highest BCUT2D eigenvalue weighted by Gasteiger charge is 2.13. The summed E-state index contributed by atoms with van der Waals surface area (Å²) in [7, 11) is 0. The molecule has 6 nitrogen and oxygen atoms in total. The summed E-state index contributed by atoms with van der Waals surface area (Å²) in [5.41, 5.74) is 2.80. The largest absolute Gasteiger partial charge is 0.350 e. The Balaban J connectivity index is 2.03. The van der Waals surface area contributed by atoms with Gasteiger partial charge in [0.2, 0.25) is 11.8 Å². The van der Waals surface area contributed by atoms with Crippen LogP contribution in [0.2, 0.25) is 0 Å². The van der Waals surface area contributed by atoms with Gasteiger partial charge in [0.05, 0.1) is 0 Å². The lowest BCUT2D eigenvalue weighted by Gasteiger charge is -2.22. The topological polar surface area (TPSA) is 78.5 Å². The standard InChI is InChI=1S/C20H23N3O3/c1-14-7-4-5-10-19(14)20(26)21-11-12-23(16(3)25)18-9-6-8-17(13-18)22-15(2)24/h4-10,13H,11-12H2,1-3H3,(H,21,26)(H,22,24). The van der Waals surface area contributed by atoms with Crippen LogP contribution in [-0.2, 0) is 9.59 Å². The maximum absolute atomic E-state index is 12.3. The molecule has 2 aromatic carbocycles. The van der Waals surface area contributed by atoms with Crippen molar-refractivity contribution in [1.29, 1.82) is 0 Å². The number of nitrogens with zero attached hydrogens (tertiary/aromatic N) is 1. The molecular weight excluding hydrogens is 330 g/mol. The van der Waals surface area contributed by atoms with Gasteiger partial charge in [-0.1, -0.05) is 24.3 Å². The predicted octanol–water partition coefficient (Wildman–Crippen LogP) is 2.74. The molecule has 0 aromatic heterocycles. The van der Waals surface area contributed by atoms with Crippen LogP contribution < -0.4 is 15.5 Å². The van der Waals surface area contributed by atoms with Gasteiger partial charge >= 0.3 is 0 Å². The molecule has 0 saturated heterocycles. The Labute approximate surface area is 153 Å². The number of carbonyl (C=O) groups excluding carboxylic acids is 3. The van der Waals surface area contributed by atoms with Gasteiger partial charge in [-0.15, -0.1) is 0 Å². The fraction of sp³-hybridized carbons (Fsp3) is 0.250. The van der Waals surface area contributed by atoms with Gasteiger partial charge in [-0.3, -0.25) is 14.4 Å². The van der Waals surface area contributed by atoms with Gasteiger partial charge < -0.3 is 15.5 Å². The van der Waals surface area contributed by atoms with E-state index in [4.69, 9.17) is 0 Å². The molecule has 0 aliphatic carbocycles. The molecule has 0 radical (unpaired) electrons.